The Morgan fingerprint density at radius 2 is 2.17 bits per heavy atom. The fourth-order valence-corrected chi connectivity index (χ4v) is 3.68. The molecule has 3 rings (SSSR count). The van der Waals surface area contributed by atoms with Crippen LogP contribution in [0.3, 0.4) is 0 Å². The predicted molar refractivity (Wildman–Crippen MR) is 116 cm³/mol. The number of hydrogen-bond donors (Lipinski definition) is 2. The van der Waals surface area contributed by atoms with Crippen molar-refractivity contribution in [2.45, 2.75) is 51.5 Å². The van der Waals surface area contributed by atoms with E-state index in [1.807, 2.05) is 23.1 Å². The van der Waals surface area contributed by atoms with Crippen molar-refractivity contribution in [2.24, 2.45) is 0 Å². The topological polar surface area (TPSA) is 104 Å². The molecule has 2 N–H and O–H groups in total. The molecule has 162 valence electrons. The van der Waals surface area contributed by atoms with E-state index in [0.29, 0.717) is 24.7 Å². The molecule has 8 nitrogen and oxygen atoms in total. The molecule has 1 aromatic heterocycles. The van der Waals surface area contributed by atoms with Crippen LogP contribution in [0.2, 0.25) is 0 Å². The number of rotatable bonds is 9. The highest BCUT2D eigenvalue weighted by molar-refractivity contribution is 5.87. The number of nitrogens with one attached hydrogen (secondary N) is 2. The highest BCUT2D eigenvalue weighted by atomic mass is 16.5. The van der Waals surface area contributed by atoms with Crippen molar-refractivity contribution in [3.8, 4) is 11.5 Å². The summed E-state index contributed by atoms with van der Waals surface area (Å²) in [6.45, 7) is 6.16. The molecule has 1 aromatic carbocycles. The van der Waals surface area contributed by atoms with Crippen molar-refractivity contribution in [1.82, 2.24) is 15.0 Å². The Morgan fingerprint density at radius 3 is 2.83 bits per heavy atom. The number of piperidine rings is 1. The number of hydrogen-bond acceptors (Lipinski definition) is 7. The maximum atomic E-state index is 12.3. The van der Waals surface area contributed by atoms with Crippen LogP contribution in [0.4, 0.5) is 5.69 Å². The summed E-state index contributed by atoms with van der Waals surface area (Å²) in [5.74, 6) is 1.56. The molecule has 0 aliphatic carbocycles. The molecule has 1 saturated heterocycles. The number of likely N-dealkylation sites (tertiary alicyclic amines) is 1. The fraction of sp³-hybridized carbons (Fsp3) is 0.545. The first-order valence-electron chi connectivity index (χ1n) is 10.5. The van der Waals surface area contributed by atoms with Crippen molar-refractivity contribution in [1.29, 1.82) is 5.41 Å². The van der Waals surface area contributed by atoms with Gasteiger partial charge in [-0.25, -0.2) is 0 Å². The van der Waals surface area contributed by atoms with Gasteiger partial charge in [-0.15, -0.1) is 0 Å². The second kappa shape index (κ2) is 10.3. The van der Waals surface area contributed by atoms with E-state index in [4.69, 9.17) is 14.7 Å². The Morgan fingerprint density at radius 1 is 1.40 bits per heavy atom. The van der Waals surface area contributed by atoms with Crippen LogP contribution in [-0.2, 0) is 9.53 Å². The minimum atomic E-state index is 0.191. The Labute approximate surface area is 177 Å². The summed E-state index contributed by atoms with van der Waals surface area (Å²) in [5.41, 5.74) is 2.51. The molecule has 0 saturated carbocycles. The van der Waals surface area contributed by atoms with E-state index < -0.39 is 0 Å². The van der Waals surface area contributed by atoms with E-state index in [1.165, 1.54) is 6.21 Å². The number of carbonyl (C=O) groups is 1. The number of benzene rings is 1. The van der Waals surface area contributed by atoms with E-state index in [2.05, 4.69) is 29.3 Å². The van der Waals surface area contributed by atoms with Gasteiger partial charge >= 0.3 is 0 Å². The second-order valence-corrected chi connectivity index (χ2v) is 7.95. The molecule has 0 atom stereocenters. The molecule has 1 fully saturated rings. The summed E-state index contributed by atoms with van der Waals surface area (Å²) in [5, 5.41) is 15.1. The third-order valence-corrected chi connectivity index (χ3v) is 5.29. The predicted octanol–water partition coefficient (Wildman–Crippen LogP) is 3.69. The molecule has 1 aliphatic rings. The van der Waals surface area contributed by atoms with Crippen molar-refractivity contribution in [3.05, 3.63) is 29.6 Å². The van der Waals surface area contributed by atoms with Gasteiger partial charge in [0.05, 0.1) is 0 Å². The summed E-state index contributed by atoms with van der Waals surface area (Å²) in [7, 11) is 1.65. The number of methoxy groups -OCH3 is 1. The molecular weight excluding hydrogens is 382 g/mol. The fourth-order valence-electron chi connectivity index (χ4n) is 3.68. The van der Waals surface area contributed by atoms with E-state index in [0.717, 1.165) is 49.2 Å². The number of carbonyl (C=O) groups excluding carboxylic acids is 1. The van der Waals surface area contributed by atoms with Gasteiger partial charge in [-0.2, -0.15) is 4.98 Å². The summed E-state index contributed by atoms with van der Waals surface area (Å²) < 4.78 is 10.6. The molecule has 0 unspecified atom stereocenters. The zero-order chi connectivity index (χ0) is 21.5. The minimum absolute atomic E-state index is 0.191. The molecule has 1 amide bonds. The van der Waals surface area contributed by atoms with Crippen molar-refractivity contribution < 1.29 is 14.1 Å². The Hall–Kier alpha value is -2.74. The van der Waals surface area contributed by atoms with Crippen LogP contribution in [0.1, 0.15) is 56.8 Å². The smallest absolute Gasteiger partial charge is 0.258 e. The van der Waals surface area contributed by atoms with E-state index in [9.17, 15) is 4.79 Å². The van der Waals surface area contributed by atoms with Crippen LogP contribution < -0.4 is 5.32 Å². The first-order chi connectivity index (χ1) is 14.5. The largest absolute Gasteiger partial charge is 0.385 e. The number of nitrogens with zero attached hydrogens (tertiary/aromatic N) is 3. The summed E-state index contributed by atoms with van der Waals surface area (Å²) in [6.07, 6.45) is 4.29. The van der Waals surface area contributed by atoms with E-state index >= 15 is 0 Å². The summed E-state index contributed by atoms with van der Waals surface area (Å²) in [4.78, 5) is 18.8. The molecule has 2 aromatic rings. The first-order valence-corrected chi connectivity index (χ1v) is 10.5. The van der Waals surface area contributed by atoms with Crippen LogP contribution >= 0.6 is 0 Å². The van der Waals surface area contributed by atoms with Crippen LogP contribution in [0.25, 0.3) is 11.5 Å². The van der Waals surface area contributed by atoms with Gasteiger partial charge in [-0.1, -0.05) is 11.2 Å². The second-order valence-electron chi connectivity index (χ2n) is 7.95. The first kappa shape index (κ1) is 22.0. The third-order valence-electron chi connectivity index (χ3n) is 5.29. The molecule has 0 radical (unpaired) electrons. The maximum absolute atomic E-state index is 12.3. The van der Waals surface area contributed by atoms with Crippen LogP contribution in [0.5, 0.6) is 0 Å². The summed E-state index contributed by atoms with van der Waals surface area (Å²) >= 11 is 0. The minimum Gasteiger partial charge on any atom is -0.385 e. The quantitative estimate of drug-likeness (QED) is 0.480. The maximum Gasteiger partial charge on any atom is 0.258 e. The number of ether oxygens (including phenoxy) is 1. The van der Waals surface area contributed by atoms with Crippen LogP contribution in [-0.4, -0.2) is 60.0 Å². The molecule has 0 bridgehead atoms. The highest BCUT2D eigenvalue weighted by Gasteiger charge is 2.27. The lowest BCUT2D eigenvalue weighted by Crippen LogP contribution is -2.38. The van der Waals surface area contributed by atoms with Gasteiger partial charge in [0.15, 0.2) is 5.82 Å². The van der Waals surface area contributed by atoms with Gasteiger partial charge in [0.1, 0.15) is 0 Å². The lowest BCUT2D eigenvalue weighted by Gasteiger charge is -2.30. The lowest BCUT2D eigenvalue weighted by molar-refractivity contribution is -0.132. The number of amides is 1. The number of anilines is 1. The molecule has 2 heterocycles. The van der Waals surface area contributed by atoms with Gasteiger partial charge in [0.2, 0.25) is 5.91 Å². The van der Waals surface area contributed by atoms with Crippen molar-refractivity contribution in [3.63, 3.8) is 0 Å². The van der Waals surface area contributed by atoms with Crippen molar-refractivity contribution in [2.75, 3.05) is 32.1 Å². The Bertz CT molecular complexity index is 856. The van der Waals surface area contributed by atoms with Gasteiger partial charge < -0.3 is 24.9 Å². The molecule has 1 aliphatic heterocycles. The van der Waals surface area contributed by atoms with Crippen LogP contribution in [0.15, 0.2) is 22.7 Å². The average Bonchev–Trinajstić information content (AvgIpc) is 3.24. The summed E-state index contributed by atoms with van der Waals surface area (Å²) in [6, 6.07) is 5.97. The third kappa shape index (κ3) is 5.44. The van der Waals surface area contributed by atoms with Gasteiger partial charge in [0.25, 0.3) is 5.89 Å². The number of aromatic nitrogens is 2. The highest BCUT2D eigenvalue weighted by Crippen LogP contribution is 2.30. The van der Waals surface area contributed by atoms with Crippen molar-refractivity contribution >= 4 is 17.8 Å². The Balaban J connectivity index is 1.63. The van der Waals surface area contributed by atoms with Crippen LogP contribution in [0, 0.1) is 5.41 Å². The lowest BCUT2D eigenvalue weighted by atomic mass is 9.96. The van der Waals surface area contributed by atoms with E-state index in [1.54, 1.807) is 7.11 Å². The molecule has 8 heteroatoms. The SMILES string of the molecule is COCCCC(=O)N1CCC(c2noc(-c3ccc(C=N)c(NC(C)C)c3)n2)CC1. The monoisotopic (exact) mass is 413 g/mol. The van der Waals surface area contributed by atoms with Gasteiger partial charge in [-0.3, -0.25) is 4.79 Å². The molecule has 0 spiro atoms. The van der Waals surface area contributed by atoms with Gasteiger partial charge in [0, 0.05) is 68.2 Å². The van der Waals surface area contributed by atoms with Gasteiger partial charge in [-0.05, 0) is 45.2 Å². The molecule has 30 heavy (non-hydrogen) atoms. The Kier molecular flexibility index (Phi) is 7.57. The normalized spacial score (nSPS) is 14.9. The van der Waals surface area contributed by atoms with E-state index in [-0.39, 0.29) is 17.9 Å². The average molecular weight is 414 g/mol. The zero-order valence-corrected chi connectivity index (χ0v) is 18.0. The zero-order valence-electron chi connectivity index (χ0n) is 18.0. The molecular formula is C22H31N5O3. The standard InChI is InChI=1S/C22H31N5O3/c1-15(2)24-19-13-17(6-7-18(19)14-23)22-25-21(26-30-22)16-8-10-27(11-9-16)20(28)5-4-12-29-3/h6-7,13-16,23-24H,4-5,8-12H2,1-3H3.